The SMILES string of the molecule is CCCOC(CC)(C(=O)O)c1ccc(F)cc1. The van der Waals surface area contributed by atoms with Crippen LogP contribution in [0.5, 0.6) is 0 Å². The molecule has 0 aliphatic heterocycles. The Bertz CT molecular complexity index is 375. The predicted molar refractivity (Wildman–Crippen MR) is 62.2 cm³/mol. The first kappa shape index (κ1) is 13.6. The molecule has 0 heterocycles. The Morgan fingerprint density at radius 1 is 1.35 bits per heavy atom. The fourth-order valence-corrected chi connectivity index (χ4v) is 1.72. The van der Waals surface area contributed by atoms with Gasteiger partial charge in [0.15, 0.2) is 5.60 Å². The summed E-state index contributed by atoms with van der Waals surface area (Å²) in [6.07, 6.45) is 1.03. The van der Waals surface area contributed by atoms with Gasteiger partial charge in [-0.25, -0.2) is 9.18 Å². The van der Waals surface area contributed by atoms with Crippen molar-refractivity contribution in [3.63, 3.8) is 0 Å². The van der Waals surface area contributed by atoms with Crippen LogP contribution in [0.15, 0.2) is 24.3 Å². The van der Waals surface area contributed by atoms with Crippen LogP contribution in [0.1, 0.15) is 32.3 Å². The Hall–Kier alpha value is -1.42. The van der Waals surface area contributed by atoms with E-state index in [0.29, 0.717) is 18.6 Å². The van der Waals surface area contributed by atoms with Crippen LogP contribution in [0, 0.1) is 5.82 Å². The molecule has 0 bridgehead atoms. The number of halogens is 1. The first-order valence-electron chi connectivity index (χ1n) is 5.70. The third kappa shape index (κ3) is 2.82. The van der Waals surface area contributed by atoms with Crippen LogP contribution < -0.4 is 0 Å². The normalized spacial score (nSPS) is 14.3. The van der Waals surface area contributed by atoms with Crippen LogP contribution in [-0.4, -0.2) is 17.7 Å². The summed E-state index contributed by atoms with van der Waals surface area (Å²) in [5.74, 6) is -1.43. The van der Waals surface area contributed by atoms with Gasteiger partial charge in [-0.2, -0.15) is 0 Å². The van der Waals surface area contributed by atoms with Crippen LogP contribution in [0.2, 0.25) is 0 Å². The summed E-state index contributed by atoms with van der Waals surface area (Å²) in [6.45, 7) is 4.01. The molecule has 4 heteroatoms. The number of rotatable bonds is 6. The van der Waals surface area contributed by atoms with E-state index in [1.807, 2.05) is 6.92 Å². The Balaban J connectivity index is 3.12. The van der Waals surface area contributed by atoms with E-state index in [4.69, 9.17) is 4.74 Å². The Kier molecular flexibility index (Phi) is 4.63. The first-order chi connectivity index (χ1) is 8.06. The highest BCUT2D eigenvalue weighted by Crippen LogP contribution is 2.30. The van der Waals surface area contributed by atoms with Gasteiger partial charge in [0.2, 0.25) is 0 Å². The molecule has 1 rings (SSSR count). The number of carboxylic acids is 1. The van der Waals surface area contributed by atoms with Crippen LogP contribution in [-0.2, 0) is 15.1 Å². The average Bonchev–Trinajstić information content (AvgIpc) is 2.32. The fraction of sp³-hybridized carbons (Fsp3) is 0.462. The van der Waals surface area contributed by atoms with Gasteiger partial charge in [-0.1, -0.05) is 26.0 Å². The number of carbonyl (C=O) groups is 1. The molecule has 0 fully saturated rings. The molecule has 0 aliphatic rings. The highest BCUT2D eigenvalue weighted by Gasteiger charge is 2.39. The fourth-order valence-electron chi connectivity index (χ4n) is 1.72. The van der Waals surface area contributed by atoms with Crippen molar-refractivity contribution in [1.82, 2.24) is 0 Å². The third-order valence-corrected chi connectivity index (χ3v) is 2.71. The van der Waals surface area contributed by atoms with Gasteiger partial charge in [0.25, 0.3) is 0 Å². The maximum Gasteiger partial charge on any atom is 0.340 e. The average molecular weight is 240 g/mol. The van der Waals surface area contributed by atoms with Crippen molar-refractivity contribution >= 4 is 5.97 Å². The molecule has 1 atom stereocenters. The lowest BCUT2D eigenvalue weighted by Gasteiger charge is -2.28. The molecule has 17 heavy (non-hydrogen) atoms. The first-order valence-corrected chi connectivity index (χ1v) is 5.70. The van der Waals surface area contributed by atoms with Crippen LogP contribution in [0.4, 0.5) is 4.39 Å². The standard InChI is InChI=1S/C13H17FO3/c1-3-9-17-13(4-2,12(15)16)10-5-7-11(14)8-6-10/h5-8H,3-4,9H2,1-2H3,(H,15,16). The monoisotopic (exact) mass is 240 g/mol. The Morgan fingerprint density at radius 2 is 1.94 bits per heavy atom. The third-order valence-electron chi connectivity index (χ3n) is 2.71. The molecule has 0 saturated heterocycles. The molecule has 1 unspecified atom stereocenters. The summed E-state index contributed by atoms with van der Waals surface area (Å²) < 4.78 is 18.3. The van der Waals surface area contributed by atoms with Crippen LogP contribution in [0.25, 0.3) is 0 Å². The maximum atomic E-state index is 12.8. The van der Waals surface area contributed by atoms with E-state index >= 15 is 0 Å². The molecule has 3 nitrogen and oxygen atoms in total. The second kappa shape index (κ2) is 5.77. The summed E-state index contributed by atoms with van der Waals surface area (Å²) in [4.78, 5) is 11.4. The van der Waals surface area contributed by atoms with Crippen molar-refractivity contribution in [2.24, 2.45) is 0 Å². The van der Waals surface area contributed by atoms with Crippen molar-refractivity contribution in [2.75, 3.05) is 6.61 Å². The van der Waals surface area contributed by atoms with E-state index in [1.165, 1.54) is 24.3 Å². The second-order valence-electron chi connectivity index (χ2n) is 3.84. The van der Waals surface area contributed by atoms with Gasteiger partial charge in [0.1, 0.15) is 5.82 Å². The molecule has 1 aromatic rings. The van der Waals surface area contributed by atoms with Crippen molar-refractivity contribution in [2.45, 2.75) is 32.3 Å². The minimum Gasteiger partial charge on any atom is -0.479 e. The molecule has 0 spiro atoms. The number of ether oxygens (including phenoxy) is 1. The molecule has 0 radical (unpaired) electrons. The molecule has 0 aromatic heterocycles. The van der Waals surface area contributed by atoms with Gasteiger partial charge in [0, 0.05) is 6.61 Å². The van der Waals surface area contributed by atoms with Crippen LogP contribution >= 0.6 is 0 Å². The lowest BCUT2D eigenvalue weighted by molar-refractivity contribution is -0.168. The van der Waals surface area contributed by atoms with E-state index in [-0.39, 0.29) is 5.82 Å². The second-order valence-corrected chi connectivity index (χ2v) is 3.84. The minimum absolute atomic E-state index is 0.300. The van der Waals surface area contributed by atoms with Crippen molar-refractivity contribution < 1.29 is 19.0 Å². The van der Waals surface area contributed by atoms with E-state index < -0.39 is 11.6 Å². The summed E-state index contributed by atoms with van der Waals surface area (Å²) in [7, 11) is 0. The lowest BCUT2D eigenvalue weighted by atomic mass is 9.91. The van der Waals surface area contributed by atoms with Gasteiger partial charge >= 0.3 is 5.97 Å². The van der Waals surface area contributed by atoms with E-state index in [1.54, 1.807) is 6.92 Å². The Morgan fingerprint density at radius 3 is 2.35 bits per heavy atom. The van der Waals surface area contributed by atoms with Crippen LogP contribution in [0.3, 0.4) is 0 Å². The van der Waals surface area contributed by atoms with Gasteiger partial charge in [-0.05, 0) is 30.5 Å². The highest BCUT2D eigenvalue weighted by atomic mass is 19.1. The topological polar surface area (TPSA) is 46.5 Å². The number of hydrogen-bond donors (Lipinski definition) is 1. The van der Waals surface area contributed by atoms with Gasteiger partial charge in [-0.15, -0.1) is 0 Å². The van der Waals surface area contributed by atoms with Gasteiger partial charge < -0.3 is 9.84 Å². The summed E-state index contributed by atoms with van der Waals surface area (Å²) >= 11 is 0. The molecule has 94 valence electrons. The quantitative estimate of drug-likeness (QED) is 0.831. The summed E-state index contributed by atoms with van der Waals surface area (Å²) in [5.41, 5.74) is -0.897. The van der Waals surface area contributed by atoms with Crippen molar-refractivity contribution in [3.8, 4) is 0 Å². The number of carboxylic acid groups (broad SMARTS) is 1. The lowest BCUT2D eigenvalue weighted by Crippen LogP contribution is -2.38. The van der Waals surface area contributed by atoms with Crippen molar-refractivity contribution in [3.05, 3.63) is 35.6 Å². The molecule has 0 saturated carbocycles. The van der Waals surface area contributed by atoms with Gasteiger partial charge in [0.05, 0.1) is 0 Å². The van der Waals surface area contributed by atoms with E-state index in [0.717, 1.165) is 6.42 Å². The van der Waals surface area contributed by atoms with Crippen molar-refractivity contribution in [1.29, 1.82) is 0 Å². The minimum atomic E-state index is -1.37. The van der Waals surface area contributed by atoms with E-state index in [2.05, 4.69) is 0 Å². The maximum absolute atomic E-state index is 12.8. The number of hydrogen-bond acceptors (Lipinski definition) is 2. The Labute approximate surface area is 100 Å². The highest BCUT2D eigenvalue weighted by molar-refractivity contribution is 5.79. The zero-order valence-corrected chi connectivity index (χ0v) is 10.1. The summed E-state index contributed by atoms with van der Waals surface area (Å²) in [5, 5.41) is 9.35. The number of benzene rings is 1. The smallest absolute Gasteiger partial charge is 0.340 e. The molecule has 0 aliphatic carbocycles. The number of aliphatic carboxylic acids is 1. The zero-order chi connectivity index (χ0) is 12.9. The molecular formula is C13H17FO3. The van der Waals surface area contributed by atoms with E-state index in [9.17, 15) is 14.3 Å². The molecule has 1 aromatic carbocycles. The zero-order valence-electron chi connectivity index (χ0n) is 10.1. The predicted octanol–water partition coefficient (Wildman–Crippen LogP) is 2.94. The molecule has 1 N–H and O–H groups in total. The molecular weight excluding hydrogens is 223 g/mol. The summed E-state index contributed by atoms with van der Waals surface area (Å²) in [6, 6.07) is 5.42. The largest absolute Gasteiger partial charge is 0.479 e. The molecule has 0 amide bonds. The van der Waals surface area contributed by atoms with Gasteiger partial charge in [-0.3, -0.25) is 0 Å².